The largest absolute Gasteiger partial charge is 0.444 e. The van der Waals surface area contributed by atoms with Gasteiger partial charge in [-0.1, -0.05) is 32.1 Å². The van der Waals surface area contributed by atoms with Crippen LogP contribution in [0.25, 0.3) is 0 Å². The van der Waals surface area contributed by atoms with E-state index in [9.17, 15) is 9.59 Å². The molecule has 0 aliphatic carbocycles. The number of hydrogen-bond acceptors (Lipinski definition) is 8. The van der Waals surface area contributed by atoms with Gasteiger partial charge < -0.3 is 20.4 Å². The number of oxazole rings is 1. The minimum Gasteiger partial charge on any atom is -0.444 e. The second kappa shape index (κ2) is 11.3. The Balaban J connectivity index is 1.65. The Morgan fingerprint density at radius 3 is 2.62 bits per heavy atom. The summed E-state index contributed by atoms with van der Waals surface area (Å²) in [5.41, 5.74) is -0.0580. The summed E-state index contributed by atoms with van der Waals surface area (Å²) in [4.78, 5) is 31.7. The molecule has 0 radical (unpaired) electrons. The van der Waals surface area contributed by atoms with E-state index in [-0.39, 0.29) is 17.2 Å². The third kappa shape index (κ3) is 8.55. The van der Waals surface area contributed by atoms with Gasteiger partial charge in [-0.15, -0.1) is 11.8 Å². The summed E-state index contributed by atoms with van der Waals surface area (Å²) >= 11 is 3.02. The van der Waals surface area contributed by atoms with E-state index in [0.29, 0.717) is 49.1 Å². The molecule has 29 heavy (non-hydrogen) atoms. The number of rotatable bonds is 11. The molecule has 0 spiro atoms. The molecule has 0 fully saturated rings. The molecule has 160 valence electrons. The molecule has 0 saturated heterocycles. The Bertz CT molecular complexity index is 798. The lowest BCUT2D eigenvalue weighted by Crippen LogP contribution is -2.25. The van der Waals surface area contributed by atoms with Gasteiger partial charge in [-0.2, -0.15) is 0 Å². The van der Waals surface area contributed by atoms with Crippen LogP contribution < -0.4 is 16.0 Å². The van der Waals surface area contributed by atoms with E-state index < -0.39 is 0 Å². The number of nitrogens with one attached hydrogen (secondary N) is 3. The van der Waals surface area contributed by atoms with Gasteiger partial charge in [0.25, 0.3) is 0 Å². The predicted octanol–water partition coefficient (Wildman–Crippen LogP) is 3.17. The van der Waals surface area contributed by atoms with Gasteiger partial charge in [-0.25, -0.2) is 9.97 Å². The van der Waals surface area contributed by atoms with Crippen molar-refractivity contribution in [3.63, 3.8) is 0 Å². The second-order valence-electron chi connectivity index (χ2n) is 7.47. The highest BCUT2D eigenvalue weighted by Gasteiger charge is 2.19. The zero-order valence-corrected chi connectivity index (χ0v) is 19.0. The molecule has 0 aliphatic rings. The molecule has 0 bridgehead atoms. The highest BCUT2D eigenvalue weighted by atomic mass is 32.2. The molecule has 2 heterocycles. The first-order chi connectivity index (χ1) is 13.8. The SMILES string of the molecule is CNC(=O)CCNCCCC(=O)Nc1ncc(SCc2ncc(C(C)(C)C)o2)s1. The number of nitrogens with zero attached hydrogens (tertiary/aromatic N) is 2. The van der Waals surface area contributed by atoms with Gasteiger partial charge in [0.05, 0.1) is 22.4 Å². The van der Waals surface area contributed by atoms with Crippen LogP contribution in [0.15, 0.2) is 21.0 Å². The van der Waals surface area contributed by atoms with Crippen molar-refractivity contribution in [3.8, 4) is 0 Å². The van der Waals surface area contributed by atoms with Gasteiger partial charge in [0.2, 0.25) is 17.7 Å². The molecule has 0 saturated carbocycles. The normalized spacial score (nSPS) is 11.4. The highest BCUT2D eigenvalue weighted by molar-refractivity contribution is 8.00. The van der Waals surface area contributed by atoms with Crippen LogP contribution in [0.1, 0.15) is 51.7 Å². The standard InChI is InChI=1S/C19H29N5O3S2/c1-19(2,3)13-10-22-16(27-13)12-28-17-11-23-18(29-17)24-15(26)6-5-8-21-9-7-14(25)20-4/h10-11,21H,5-9,12H2,1-4H3,(H,20,25)(H,23,24,26). The van der Waals surface area contributed by atoms with Crippen LogP contribution in [-0.2, 0) is 20.8 Å². The van der Waals surface area contributed by atoms with Crippen molar-refractivity contribution in [1.82, 2.24) is 20.6 Å². The lowest BCUT2D eigenvalue weighted by molar-refractivity contribution is -0.120. The molecule has 2 aromatic heterocycles. The van der Waals surface area contributed by atoms with E-state index in [2.05, 4.69) is 46.7 Å². The first-order valence-corrected chi connectivity index (χ1v) is 11.3. The Kier molecular flexibility index (Phi) is 9.12. The van der Waals surface area contributed by atoms with E-state index in [4.69, 9.17) is 4.42 Å². The molecule has 3 N–H and O–H groups in total. The van der Waals surface area contributed by atoms with Crippen molar-refractivity contribution in [2.45, 2.75) is 55.4 Å². The summed E-state index contributed by atoms with van der Waals surface area (Å²) < 4.78 is 6.78. The maximum atomic E-state index is 12.0. The summed E-state index contributed by atoms with van der Waals surface area (Å²) in [6.07, 6.45) is 5.07. The Morgan fingerprint density at radius 1 is 1.14 bits per heavy atom. The number of hydrogen-bond donors (Lipinski definition) is 3. The molecule has 2 amide bonds. The fourth-order valence-corrected chi connectivity index (χ4v) is 3.99. The maximum absolute atomic E-state index is 12.0. The van der Waals surface area contributed by atoms with Crippen molar-refractivity contribution < 1.29 is 14.0 Å². The van der Waals surface area contributed by atoms with Crippen molar-refractivity contribution in [2.75, 3.05) is 25.5 Å². The highest BCUT2D eigenvalue weighted by Crippen LogP contribution is 2.31. The first kappa shape index (κ1) is 23.4. The first-order valence-electron chi connectivity index (χ1n) is 9.53. The zero-order chi connectivity index (χ0) is 21.3. The van der Waals surface area contributed by atoms with Gasteiger partial charge in [0.1, 0.15) is 5.76 Å². The van der Waals surface area contributed by atoms with Gasteiger partial charge in [-0.05, 0) is 13.0 Å². The average Bonchev–Trinajstić information content (AvgIpc) is 3.31. The van der Waals surface area contributed by atoms with E-state index in [0.717, 1.165) is 9.97 Å². The van der Waals surface area contributed by atoms with E-state index in [1.165, 1.54) is 11.3 Å². The Hall–Kier alpha value is -1.91. The van der Waals surface area contributed by atoms with E-state index >= 15 is 0 Å². The predicted molar refractivity (Wildman–Crippen MR) is 116 cm³/mol. The van der Waals surface area contributed by atoms with Crippen LogP contribution in [0.4, 0.5) is 5.13 Å². The Morgan fingerprint density at radius 2 is 1.93 bits per heavy atom. The number of carbonyl (C=O) groups is 2. The quantitative estimate of drug-likeness (QED) is 0.364. The van der Waals surface area contributed by atoms with Gasteiger partial charge in [-0.3, -0.25) is 9.59 Å². The number of thiazole rings is 1. The second-order valence-corrected chi connectivity index (χ2v) is 9.77. The van der Waals surface area contributed by atoms with Crippen molar-refractivity contribution >= 4 is 40.0 Å². The molecule has 0 unspecified atom stereocenters. The molecule has 0 aliphatic heterocycles. The van der Waals surface area contributed by atoms with Crippen LogP contribution in [0.5, 0.6) is 0 Å². The van der Waals surface area contributed by atoms with Crippen LogP contribution in [0.3, 0.4) is 0 Å². The molecule has 2 aromatic rings. The van der Waals surface area contributed by atoms with E-state index in [1.807, 2.05) is 0 Å². The number of amides is 2. The molecule has 0 aromatic carbocycles. The molecule has 2 rings (SSSR count). The maximum Gasteiger partial charge on any atom is 0.226 e. The van der Waals surface area contributed by atoms with Crippen LogP contribution in [0.2, 0.25) is 0 Å². The zero-order valence-electron chi connectivity index (χ0n) is 17.3. The fraction of sp³-hybridized carbons (Fsp3) is 0.579. The molecule has 8 nitrogen and oxygen atoms in total. The lowest BCUT2D eigenvalue weighted by atomic mass is 9.94. The number of thioether (sulfide) groups is 1. The number of aromatic nitrogens is 2. The minimum absolute atomic E-state index is 0.00478. The molecular weight excluding hydrogens is 410 g/mol. The summed E-state index contributed by atoms with van der Waals surface area (Å²) in [6.45, 7) is 7.56. The molecule has 10 heteroatoms. The lowest BCUT2D eigenvalue weighted by Gasteiger charge is -2.12. The third-order valence-corrected chi connectivity index (χ3v) is 6.02. The van der Waals surface area contributed by atoms with Crippen molar-refractivity contribution in [3.05, 3.63) is 24.0 Å². The molecule has 0 atom stereocenters. The molecular formula is C19H29N5O3S2. The fourth-order valence-electron chi connectivity index (χ4n) is 2.25. The number of carbonyl (C=O) groups excluding carboxylic acids is 2. The summed E-state index contributed by atoms with van der Waals surface area (Å²) in [6, 6.07) is 0. The topological polar surface area (TPSA) is 109 Å². The average molecular weight is 440 g/mol. The third-order valence-electron chi connectivity index (χ3n) is 3.93. The van der Waals surface area contributed by atoms with Crippen LogP contribution >= 0.6 is 23.1 Å². The summed E-state index contributed by atoms with van der Waals surface area (Å²) in [7, 11) is 1.62. The monoisotopic (exact) mass is 439 g/mol. The minimum atomic E-state index is -0.0634. The van der Waals surface area contributed by atoms with Crippen molar-refractivity contribution in [2.24, 2.45) is 0 Å². The van der Waals surface area contributed by atoms with Gasteiger partial charge >= 0.3 is 0 Å². The number of anilines is 1. The summed E-state index contributed by atoms with van der Waals surface area (Å²) in [5.74, 6) is 2.11. The van der Waals surface area contributed by atoms with E-state index in [1.54, 1.807) is 31.2 Å². The Labute approximate surface area is 179 Å². The smallest absolute Gasteiger partial charge is 0.226 e. The van der Waals surface area contributed by atoms with Crippen LogP contribution in [-0.4, -0.2) is 41.9 Å². The van der Waals surface area contributed by atoms with Gasteiger partial charge in [0.15, 0.2) is 5.13 Å². The summed E-state index contributed by atoms with van der Waals surface area (Å²) in [5, 5.41) is 9.13. The van der Waals surface area contributed by atoms with Crippen molar-refractivity contribution in [1.29, 1.82) is 0 Å². The van der Waals surface area contributed by atoms with Gasteiger partial charge in [0, 0.05) is 31.8 Å². The van der Waals surface area contributed by atoms with Crippen LogP contribution in [0, 0.1) is 0 Å².